The van der Waals surface area contributed by atoms with Crippen LogP contribution < -0.4 is 5.32 Å². The lowest BCUT2D eigenvalue weighted by atomic mass is 10.1. The van der Waals surface area contributed by atoms with Crippen LogP contribution in [0.4, 0.5) is 20.3 Å². The number of nitrogens with zero attached hydrogens (tertiary/aromatic N) is 3. The third kappa shape index (κ3) is 5.55. The van der Waals surface area contributed by atoms with Crippen molar-refractivity contribution in [2.24, 2.45) is 0 Å². The van der Waals surface area contributed by atoms with Crippen LogP contribution in [-0.2, 0) is 11.2 Å². The monoisotopic (exact) mass is 488 g/mol. The summed E-state index contributed by atoms with van der Waals surface area (Å²) in [5, 5.41) is 23.6. The molecule has 8 nitrogen and oxygen atoms in total. The van der Waals surface area contributed by atoms with Gasteiger partial charge in [-0.3, -0.25) is 10.1 Å². The van der Waals surface area contributed by atoms with Crippen LogP contribution in [0.3, 0.4) is 0 Å². The van der Waals surface area contributed by atoms with Crippen LogP contribution in [0.2, 0.25) is 0 Å². The lowest BCUT2D eigenvalue weighted by molar-refractivity contribution is -0.387. The number of halogens is 2. The van der Waals surface area contributed by atoms with Gasteiger partial charge in [0.2, 0.25) is 5.82 Å². The highest BCUT2D eigenvalue weighted by molar-refractivity contribution is 5.95. The number of rotatable bonds is 8. The van der Waals surface area contributed by atoms with Crippen molar-refractivity contribution in [3.8, 4) is 11.3 Å². The largest absolute Gasteiger partial charge is 0.477 e. The van der Waals surface area contributed by atoms with Crippen molar-refractivity contribution >= 4 is 23.6 Å². The minimum absolute atomic E-state index is 0.0482. The fourth-order valence-corrected chi connectivity index (χ4v) is 3.44. The summed E-state index contributed by atoms with van der Waals surface area (Å²) in [6, 6.07) is 18.1. The Morgan fingerprint density at radius 1 is 1.03 bits per heavy atom. The van der Waals surface area contributed by atoms with E-state index in [0.29, 0.717) is 5.56 Å². The summed E-state index contributed by atoms with van der Waals surface area (Å²) < 4.78 is 28.0. The van der Waals surface area contributed by atoms with E-state index in [1.807, 2.05) is 30.3 Å². The lowest BCUT2D eigenvalue weighted by Crippen LogP contribution is -2.14. The number of nitro groups is 1. The second-order valence-electron chi connectivity index (χ2n) is 7.65. The highest BCUT2D eigenvalue weighted by Crippen LogP contribution is 2.29. The number of hydrogen-bond donors (Lipinski definition) is 2. The number of aromatic nitrogens is 2. The Balaban J connectivity index is 1.78. The Hall–Kier alpha value is -4.99. The standard InChI is InChI=1S/C26H18F2N4O4/c27-18-11-9-17(10-12-18)14-21(26(33)34)31-25-20(13-16-5-2-1-3-6-16)30-22(15-29-25)19-7-4-8-23(24(19)28)32(35)36/h1-12,14-15H,13H2,(H,29,31)(H,33,34)/b21-14-. The van der Waals surface area contributed by atoms with Gasteiger partial charge in [0.25, 0.3) is 0 Å². The second-order valence-corrected chi connectivity index (χ2v) is 7.65. The van der Waals surface area contributed by atoms with Gasteiger partial charge in [0.15, 0.2) is 5.82 Å². The molecule has 0 unspecified atom stereocenters. The maximum absolute atomic E-state index is 14.8. The van der Waals surface area contributed by atoms with Crippen molar-refractivity contribution in [2.75, 3.05) is 5.32 Å². The first kappa shape index (κ1) is 24.1. The van der Waals surface area contributed by atoms with Crippen LogP contribution >= 0.6 is 0 Å². The van der Waals surface area contributed by atoms with Gasteiger partial charge in [-0.1, -0.05) is 48.5 Å². The Bertz CT molecular complexity index is 1460. The number of nitrogens with one attached hydrogen (secondary N) is 1. The average Bonchev–Trinajstić information content (AvgIpc) is 2.86. The second kappa shape index (κ2) is 10.5. The smallest absolute Gasteiger partial charge is 0.352 e. The number of anilines is 1. The Kier molecular flexibility index (Phi) is 7.05. The number of carboxylic acid groups (broad SMARTS) is 1. The van der Waals surface area contributed by atoms with E-state index < -0.39 is 28.2 Å². The molecule has 0 amide bonds. The molecule has 4 aromatic rings. The normalized spacial score (nSPS) is 11.2. The Morgan fingerprint density at radius 2 is 1.75 bits per heavy atom. The summed E-state index contributed by atoms with van der Waals surface area (Å²) in [7, 11) is 0. The zero-order valence-corrected chi connectivity index (χ0v) is 18.6. The van der Waals surface area contributed by atoms with Crippen molar-refractivity contribution in [3.63, 3.8) is 0 Å². The van der Waals surface area contributed by atoms with Crippen LogP contribution in [0.25, 0.3) is 17.3 Å². The lowest BCUT2D eigenvalue weighted by Gasteiger charge is -2.13. The molecule has 0 atom stereocenters. The molecule has 1 heterocycles. The molecule has 3 aromatic carbocycles. The van der Waals surface area contributed by atoms with Crippen LogP contribution in [0.5, 0.6) is 0 Å². The van der Waals surface area contributed by atoms with Crippen molar-refractivity contribution in [1.29, 1.82) is 0 Å². The number of nitro benzene ring substituents is 1. The van der Waals surface area contributed by atoms with Gasteiger partial charge < -0.3 is 10.4 Å². The molecule has 0 aliphatic heterocycles. The predicted molar refractivity (Wildman–Crippen MR) is 129 cm³/mol. The highest BCUT2D eigenvalue weighted by Gasteiger charge is 2.21. The van der Waals surface area contributed by atoms with Crippen LogP contribution in [-0.4, -0.2) is 26.0 Å². The molecule has 0 bridgehead atoms. The van der Waals surface area contributed by atoms with Gasteiger partial charge in [-0.05, 0) is 35.4 Å². The van der Waals surface area contributed by atoms with Crippen molar-refractivity contribution < 1.29 is 23.6 Å². The third-order valence-corrected chi connectivity index (χ3v) is 5.17. The van der Waals surface area contributed by atoms with Crippen LogP contribution in [0.15, 0.2) is 84.7 Å². The van der Waals surface area contributed by atoms with Gasteiger partial charge in [-0.2, -0.15) is 4.39 Å². The van der Waals surface area contributed by atoms with E-state index in [1.165, 1.54) is 48.7 Å². The zero-order chi connectivity index (χ0) is 25.7. The van der Waals surface area contributed by atoms with Gasteiger partial charge in [-0.15, -0.1) is 0 Å². The van der Waals surface area contributed by atoms with Gasteiger partial charge in [0.05, 0.1) is 22.5 Å². The molecule has 0 saturated heterocycles. The third-order valence-electron chi connectivity index (χ3n) is 5.17. The molecule has 0 spiro atoms. The zero-order valence-electron chi connectivity index (χ0n) is 18.6. The van der Waals surface area contributed by atoms with Gasteiger partial charge in [-0.25, -0.2) is 19.2 Å². The Labute approximate surface area is 203 Å². The molecule has 4 rings (SSSR count). The molecule has 0 radical (unpaired) electrons. The first-order valence-electron chi connectivity index (χ1n) is 10.6. The molecule has 0 fully saturated rings. The molecule has 0 aliphatic carbocycles. The molecule has 10 heteroatoms. The molecule has 0 saturated carbocycles. The first-order valence-corrected chi connectivity index (χ1v) is 10.6. The van der Waals surface area contributed by atoms with E-state index in [0.717, 1.165) is 11.6 Å². The maximum Gasteiger partial charge on any atom is 0.352 e. The van der Waals surface area contributed by atoms with Gasteiger partial charge in [0, 0.05) is 18.1 Å². The fraction of sp³-hybridized carbons (Fsp3) is 0.0385. The molecule has 1 aromatic heterocycles. The molecule has 36 heavy (non-hydrogen) atoms. The SMILES string of the molecule is O=C(O)/C(=C/c1ccc(F)cc1)Nc1ncc(-c2cccc([N+](=O)[O-])c2F)nc1Cc1ccccc1. The molecule has 2 N–H and O–H groups in total. The molecule has 0 aliphatic rings. The number of hydrogen-bond acceptors (Lipinski definition) is 6. The fourth-order valence-electron chi connectivity index (χ4n) is 3.44. The quantitative estimate of drug-likeness (QED) is 0.192. The van der Waals surface area contributed by atoms with E-state index in [2.05, 4.69) is 15.3 Å². The minimum Gasteiger partial charge on any atom is -0.477 e. The minimum atomic E-state index is -1.29. The maximum atomic E-state index is 14.8. The summed E-state index contributed by atoms with van der Waals surface area (Å²) in [4.78, 5) is 31.0. The van der Waals surface area contributed by atoms with Crippen LogP contribution in [0.1, 0.15) is 16.8 Å². The van der Waals surface area contributed by atoms with E-state index >= 15 is 0 Å². The molecular weight excluding hydrogens is 470 g/mol. The van der Waals surface area contributed by atoms with Crippen LogP contribution in [0, 0.1) is 21.7 Å². The highest BCUT2D eigenvalue weighted by atomic mass is 19.1. The summed E-state index contributed by atoms with van der Waals surface area (Å²) in [5.74, 6) is -2.70. The summed E-state index contributed by atoms with van der Waals surface area (Å²) >= 11 is 0. The average molecular weight is 488 g/mol. The Morgan fingerprint density at radius 3 is 2.42 bits per heavy atom. The van der Waals surface area contributed by atoms with E-state index in [-0.39, 0.29) is 34.9 Å². The number of carbonyl (C=O) groups is 1. The molecular formula is C26H18F2N4O4. The number of aliphatic carboxylic acids is 1. The molecule has 180 valence electrons. The topological polar surface area (TPSA) is 118 Å². The summed E-state index contributed by atoms with van der Waals surface area (Å²) in [6.07, 6.45) is 2.73. The number of carboxylic acids is 1. The van der Waals surface area contributed by atoms with Gasteiger partial charge >= 0.3 is 11.7 Å². The van der Waals surface area contributed by atoms with Crippen molar-refractivity contribution in [2.45, 2.75) is 6.42 Å². The van der Waals surface area contributed by atoms with E-state index in [9.17, 15) is 28.8 Å². The van der Waals surface area contributed by atoms with Crippen molar-refractivity contribution in [3.05, 3.63) is 123 Å². The van der Waals surface area contributed by atoms with Gasteiger partial charge in [0.1, 0.15) is 11.5 Å². The first-order chi connectivity index (χ1) is 17.3. The van der Waals surface area contributed by atoms with E-state index in [1.54, 1.807) is 0 Å². The van der Waals surface area contributed by atoms with E-state index in [4.69, 9.17) is 0 Å². The summed E-state index contributed by atoms with van der Waals surface area (Å²) in [6.45, 7) is 0. The summed E-state index contributed by atoms with van der Waals surface area (Å²) in [5.41, 5.74) is 0.539. The van der Waals surface area contributed by atoms with Crippen molar-refractivity contribution in [1.82, 2.24) is 9.97 Å². The number of benzene rings is 3. The predicted octanol–water partition coefficient (Wildman–Crippen LogP) is 5.46.